The van der Waals surface area contributed by atoms with E-state index in [4.69, 9.17) is 26.7 Å². The van der Waals surface area contributed by atoms with Crippen molar-refractivity contribution in [3.05, 3.63) is 58.6 Å². The number of rotatable bonds is 7. The van der Waals surface area contributed by atoms with Crippen molar-refractivity contribution in [2.45, 2.75) is 12.8 Å². The lowest BCUT2D eigenvalue weighted by Gasteiger charge is -2.37. The molecule has 1 N–H and O–H groups in total. The third-order valence-electron chi connectivity index (χ3n) is 5.13. The molecule has 1 atom stereocenters. The Morgan fingerprint density at radius 2 is 1.86 bits per heavy atom. The number of hydrogen-bond donors (Lipinski definition) is 1. The number of piperazine rings is 1. The van der Waals surface area contributed by atoms with Crippen LogP contribution in [0.4, 0.5) is 5.69 Å². The van der Waals surface area contributed by atoms with Gasteiger partial charge in [-0.3, -0.25) is 4.90 Å². The van der Waals surface area contributed by atoms with Gasteiger partial charge in [0.15, 0.2) is 0 Å². The monoisotopic (exact) mass is 399 g/mol. The molecule has 1 aliphatic heterocycles. The second kappa shape index (κ2) is 9.79. The Kier molecular flexibility index (Phi) is 7.16. The van der Waals surface area contributed by atoms with Gasteiger partial charge >= 0.3 is 0 Å². The molecule has 0 aromatic heterocycles. The van der Waals surface area contributed by atoms with E-state index in [1.165, 1.54) is 5.56 Å². The molecule has 2 aromatic carbocycles. The molecule has 0 amide bonds. The van der Waals surface area contributed by atoms with Gasteiger partial charge in [0.25, 0.3) is 0 Å². The van der Waals surface area contributed by atoms with Crippen LogP contribution < -0.4 is 9.64 Å². The molecule has 5 nitrogen and oxygen atoms in total. The normalized spacial score (nSPS) is 15.9. The largest absolute Gasteiger partial charge is 0.491 e. The maximum absolute atomic E-state index is 8.93. The van der Waals surface area contributed by atoms with Crippen LogP contribution in [0.5, 0.6) is 5.75 Å². The number of ether oxygens (including phenoxy) is 1. The van der Waals surface area contributed by atoms with Gasteiger partial charge < -0.3 is 14.7 Å². The molecule has 3 rings (SSSR count). The summed E-state index contributed by atoms with van der Waals surface area (Å²) in [5, 5.41) is 18.5. The van der Waals surface area contributed by atoms with E-state index in [1.807, 2.05) is 30.3 Å². The molecule has 1 heterocycles. The summed E-state index contributed by atoms with van der Waals surface area (Å²) in [5.41, 5.74) is 3.00. The van der Waals surface area contributed by atoms with E-state index in [2.05, 4.69) is 34.9 Å². The van der Waals surface area contributed by atoms with Crippen molar-refractivity contribution in [3.63, 3.8) is 0 Å². The van der Waals surface area contributed by atoms with Gasteiger partial charge in [-0.1, -0.05) is 30.7 Å². The molecule has 1 fully saturated rings. The fourth-order valence-electron chi connectivity index (χ4n) is 3.55. The summed E-state index contributed by atoms with van der Waals surface area (Å²) >= 11 is 6.45. The molecular formula is C22H26ClN3O2. The Morgan fingerprint density at radius 3 is 2.46 bits per heavy atom. The number of anilines is 1. The van der Waals surface area contributed by atoms with Gasteiger partial charge in [0.1, 0.15) is 12.4 Å². The molecule has 148 valence electrons. The van der Waals surface area contributed by atoms with Crippen LogP contribution in [0.3, 0.4) is 0 Å². The number of benzene rings is 2. The van der Waals surface area contributed by atoms with Crippen LogP contribution in [0.2, 0.25) is 5.02 Å². The van der Waals surface area contributed by atoms with Crippen molar-refractivity contribution in [1.82, 2.24) is 4.90 Å². The number of nitrogens with zero attached hydrogens (tertiary/aromatic N) is 3. The van der Waals surface area contributed by atoms with Gasteiger partial charge in [0.05, 0.1) is 28.9 Å². The first-order valence-corrected chi connectivity index (χ1v) is 9.99. The average Bonchev–Trinajstić information content (AvgIpc) is 2.73. The Labute approximate surface area is 171 Å². The predicted molar refractivity (Wildman–Crippen MR) is 112 cm³/mol. The molecule has 1 aliphatic rings. The zero-order valence-corrected chi connectivity index (χ0v) is 16.9. The molecule has 0 bridgehead atoms. The molecule has 0 saturated carbocycles. The molecule has 0 aliphatic carbocycles. The maximum atomic E-state index is 8.93. The zero-order valence-electron chi connectivity index (χ0n) is 16.1. The van der Waals surface area contributed by atoms with E-state index < -0.39 is 0 Å². The van der Waals surface area contributed by atoms with Crippen LogP contribution in [0.1, 0.15) is 24.0 Å². The smallest absolute Gasteiger partial charge is 0.121 e. The molecule has 28 heavy (non-hydrogen) atoms. The minimum atomic E-state index is -0.0117. The minimum Gasteiger partial charge on any atom is -0.491 e. The fraction of sp³-hybridized carbons (Fsp3) is 0.409. The van der Waals surface area contributed by atoms with Crippen molar-refractivity contribution in [2.75, 3.05) is 50.8 Å². The Balaban J connectivity index is 1.53. The quantitative estimate of drug-likeness (QED) is 0.772. The summed E-state index contributed by atoms with van der Waals surface area (Å²) in [5.74, 6) is 1.10. The Hall–Kier alpha value is -2.26. The Morgan fingerprint density at radius 1 is 1.14 bits per heavy atom. The molecule has 1 saturated heterocycles. The number of halogens is 1. The lowest BCUT2D eigenvalue weighted by Crippen LogP contribution is -2.47. The zero-order chi connectivity index (χ0) is 19.9. The van der Waals surface area contributed by atoms with Crippen molar-refractivity contribution in [1.29, 1.82) is 5.26 Å². The van der Waals surface area contributed by atoms with E-state index in [9.17, 15) is 0 Å². The summed E-state index contributed by atoms with van der Waals surface area (Å²) in [6, 6.07) is 15.8. The van der Waals surface area contributed by atoms with Crippen LogP contribution in [-0.2, 0) is 0 Å². The van der Waals surface area contributed by atoms with Gasteiger partial charge in [0.2, 0.25) is 0 Å². The van der Waals surface area contributed by atoms with Crippen molar-refractivity contribution in [2.24, 2.45) is 0 Å². The summed E-state index contributed by atoms with van der Waals surface area (Å²) in [6.07, 6.45) is 0. The van der Waals surface area contributed by atoms with Crippen LogP contribution >= 0.6 is 11.6 Å². The van der Waals surface area contributed by atoms with Gasteiger partial charge in [-0.15, -0.1) is 0 Å². The van der Waals surface area contributed by atoms with Crippen LogP contribution in [0.15, 0.2) is 42.5 Å². The highest BCUT2D eigenvalue weighted by Gasteiger charge is 2.21. The first-order valence-electron chi connectivity index (χ1n) is 9.61. The number of hydrogen-bond acceptors (Lipinski definition) is 5. The predicted octanol–water partition coefficient (Wildman–Crippen LogP) is 3.51. The second-order valence-electron chi connectivity index (χ2n) is 7.11. The van der Waals surface area contributed by atoms with E-state index in [-0.39, 0.29) is 13.2 Å². The Bertz CT molecular complexity index is 812. The van der Waals surface area contributed by atoms with Crippen LogP contribution in [-0.4, -0.2) is 55.9 Å². The van der Waals surface area contributed by atoms with Crippen molar-refractivity contribution < 1.29 is 9.84 Å². The fourth-order valence-corrected chi connectivity index (χ4v) is 3.84. The van der Waals surface area contributed by atoms with Crippen molar-refractivity contribution >= 4 is 17.3 Å². The summed E-state index contributed by atoms with van der Waals surface area (Å²) in [6.45, 7) is 7.32. The number of aliphatic hydroxyl groups is 1. The highest BCUT2D eigenvalue weighted by molar-refractivity contribution is 6.33. The van der Waals surface area contributed by atoms with Crippen LogP contribution in [0, 0.1) is 11.3 Å². The molecule has 0 radical (unpaired) electrons. The summed E-state index contributed by atoms with van der Waals surface area (Å²) in [4.78, 5) is 4.78. The number of nitriles is 1. The maximum Gasteiger partial charge on any atom is 0.121 e. The molecule has 1 unspecified atom stereocenters. The van der Waals surface area contributed by atoms with E-state index in [0.29, 0.717) is 22.3 Å². The third-order valence-corrected chi connectivity index (χ3v) is 5.44. The summed E-state index contributed by atoms with van der Waals surface area (Å²) < 4.78 is 5.42. The first-order chi connectivity index (χ1) is 13.6. The van der Waals surface area contributed by atoms with Gasteiger partial charge in [-0.05, 0) is 35.7 Å². The molecular weight excluding hydrogens is 374 g/mol. The minimum absolute atomic E-state index is 0.0117. The van der Waals surface area contributed by atoms with E-state index >= 15 is 0 Å². The van der Waals surface area contributed by atoms with Gasteiger partial charge in [-0.25, -0.2) is 0 Å². The molecule has 6 heteroatoms. The van der Waals surface area contributed by atoms with E-state index in [1.54, 1.807) is 0 Å². The molecule has 0 spiro atoms. The highest BCUT2D eigenvalue weighted by Crippen LogP contribution is 2.31. The first kappa shape index (κ1) is 20.5. The SMILES string of the molecule is CC(CN1CCN(c2ccc(OCCO)cc2Cl)CC1)c1ccc(C#N)cc1. The van der Waals surface area contributed by atoms with Gasteiger partial charge in [-0.2, -0.15) is 5.26 Å². The topological polar surface area (TPSA) is 59.7 Å². The summed E-state index contributed by atoms with van der Waals surface area (Å²) in [7, 11) is 0. The lowest BCUT2D eigenvalue weighted by molar-refractivity contribution is 0.201. The van der Waals surface area contributed by atoms with Crippen molar-refractivity contribution in [3.8, 4) is 11.8 Å². The standard InChI is InChI=1S/C22H26ClN3O2/c1-17(19-4-2-18(15-24)3-5-19)16-25-8-10-26(11-9-25)22-7-6-20(14-21(22)23)28-13-12-27/h2-7,14,17,27H,8-13,16H2,1H3. The third kappa shape index (κ3) is 5.17. The average molecular weight is 400 g/mol. The van der Waals surface area contributed by atoms with Crippen LogP contribution in [0.25, 0.3) is 0 Å². The lowest BCUT2D eigenvalue weighted by atomic mass is 9.99. The highest BCUT2D eigenvalue weighted by atomic mass is 35.5. The van der Waals surface area contributed by atoms with E-state index in [0.717, 1.165) is 38.4 Å². The molecule has 2 aromatic rings. The second-order valence-corrected chi connectivity index (χ2v) is 7.52. The van der Waals surface area contributed by atoms with Gasteiger partial charge in [0, 0.05) is 38.8 Å². The number of aliphatic hydroxyl groups excluding tert-OH is 1.